The van der Waals surface area contributed by atoms with Crippen LogP contribution in [0.5, 0.6) is 0 Å². The zero-order valence-electron chi connectivity index (χ0n) is 10.7. The molecular weight excluding hydrogens is 187 g/mol. The number of rotatable bonds is 3. The van der Waals surface area contributed by atoms with E-state index in [1.165, 1.54) is 0 Å². The second-order valence-electron chi connectivity index (χ2n) is 5.74. The first-order valence-electron chi connectivity index (χ1n) is 6.25. The first kappa shape index (κ1) is 13.1. The molecule has 0 saturated carbocycles. The lowest BCUT2D eigenvalue weighted by Crippen LogP contribution is -2.47. The molecule has 1 fully saturated rings. The molecule has 4 unspecified atom stereocenters. The van der Waals surface area contributed by atoms with Gasteiger partial charge in [0.25, 0.3) is 0 Å². The fraction of sp³-hybridized carbons (Fsp3) is 1.00. The summed E-state index contributed by atoms with van der Waals surface area (Å²) in [6.07, 6.45) is 1.91. The van der Waals surface area contributed by atoms with Crippen LogP contribution in [0.2, 0.25) is 0 Å². The summed E-state index contributed by atoms with van der Waals surface area (Å²) in [6, 6.07) is 0.207. The molecule has 0 aliphatic carbocycles. The van der Waals surface area contributed by atoms with Crippen LogP contribution in [0.15, 0.2) is 0 Å². The van der Waals surface area contributed by atoms with E-state index in [4.69, 9.17) is 4.74 Å². The average Bonchev–Trinajstić information content (AvgIpc) is 1.99. The first-order valence-corrected chi connectivity index (χ1v) is 6.25. The highest BCUT2D eigenvalue weighted by Gasteiger charge is 2.37. The van der Waals surface area contributed by atoms with Gasteiger partial charge in [0.05, 0.1) is 12.2 Å². The molecule has 15 heavy (non-hydrogen) atoms. The smallest absolute Gasteiger partial charge is 0.139 e. The molecule has 2 nitrogen and oxygen atoms in total. The fourth-order valence-electron chi connectivity index (χ4n) is 2.74. The summed E-state index contributed by atoms with van der Waals surface area (Å²) in [7, 11) is 2.06. The van der Waals surface area contributed by atoms with E-state index in [0.29, 0.717) is 17.8 Å². The van der Waals surface area contributed by atoms with Crippen molar-refractivity contribution in [2.24, 2.45) is 17.8 Å². The number of ether oxygens (including phenoxy) is 1. The monoisotopic (exact) mass is 212 g/mol. The van der Waals surface area contributed by atoms with Gasteiger partial charge in [0.15, 0.2) is 0 Å². The van der Waals surface area contributed by atoms with E-state index in [1.54, 1.807) is 0 Å². The zero-order chi connectivity index (χ0) is 11.6. The zero-order valence-corrected chi connectivity index (χ0v) is 10.7. The lowest BCUT2D eigenvalue weighted by Gasteiger charge is -2.42. The Morgan fingerprint density at radius 2 is 1.93 bits per heavy atom. The Bertz CT molecular complexity index is 192. The highest BCUT2D eigenvalue weighted by Crippen LogP contribution is 2.33. The number of aliphatic hydroxyl groups excluding tert-OH is 1. The van der Waals surface area contributed by atoms with Crippen molar-refractivity contribution in [1.82, 2.24) is 0 Å². The van der Waals surface area contributed by atoms with Gasteiger partial charge in [0.1, 0.15) is 7.85 Å². The molecule has 0 spiro atoms. The Morgan fingerprint density at radius 3 is 2.40 bits per heavy atom. The van der Waals surface area contributed by atoms with Crippen LogP contribution in [0, 0.1) is 17.8 Å². The third kappa shape index (κ3) is 3.49. The van der Waals surface area contributed by atoms with Gasteiger partial charge in [0.2, 0.25) is 0 Å². The van der Waals surface area contributed by atoms with Gasteiger partial charge in [-0.25, -0.2) is 0 Å². The minimum atomic E-state index is -0.183. The fourth-order valence-corrected chi connectivity index (χ4v) is 2.74. The van der Waals surface area contributed by atoms with Gasteiger partial charge in [-0.2, -0.15) is 0 Å². The summed E-state index contributed by atoms with van der Waals surface area (Å²) in [5, 5.41) is 10.1. The SMILES string of the molecule is BC1CC(O)C(C(C)C)C(CC(C)C)O1. The predicted molar refractivity (Wildman–Crippen MR) is 65.6 cm³/mol. The van der Waals surface area contributed by atoms with Crippen LogP contribution in [0.25, 0.3) is 0 Å². The van der Waals surface area contributed by atoms with Crippen LogP contribution in [0.3, 0.4) is 0 Å². The molecular formula is C12H25BO2. The summed E-state index contributed by atoms with van der Waals surface area (Å²) < 4.78 is 5.98. The maximum atomic E-state index is 10.1. The van der Waals surface area contributed by atoms with Gasteiger partial charge in [-0.3, -0.25) is 0 Å². The van der Waals surface area contributed by atoms with Crippen molar-refractivity contribution < 1.29 is 9.84 Å². The van der Waals surface area contributed by atoms with Gasteiger partial charge < -0.3 is 9.84 Å². The first-order chi connectivity index (χ1) is 6.91. The van der Waals surface area contributed by atoms with Gasteiger partial charge in [-0.05, 0) is 24.7 Å². The summed E-state index contributed by atoms with van der Waals surface area (Å²) in [5.41, 5.74) is 0. The highest BCUT2D eigenvalue weighted by atomic mass is 16.5. The van der Waals surface area contributed by atoms with Crippen molar-refractivity contribution >= 4 is 7.85 Å². The Hall–Kier alpha value is -0.0151. The van der Waals surface area contributed by atoms with E-state index in [-0.39, 0.29) is 18.2 Å². The Balaban J connectivity index is 2.68. The van der Waals surface area contributed by atoms with Crippen molar-refractivity contribution in [1.29, 1.82) is 0 Å². The third-order valence-corrected chi connectivity index (χ3v) is 3.33. The third-order valence-electron chi connectivity index (χ3n) is 3.33. The van der Waals surface area contributed by atoms with E-state index >= 15 is 0 Å². The lowest BCUT2D eigenvalue weighted by molar-refractivity contribution is -0.128. The van der Waals surface area contributed by atoms with Crippen LogP contribution in [0.4, 0.5) is 0 Å². The number of hydrogen-bond acceptors (Lipinski definition) is 2. The average molecular weight is 212 g/mol. The highest BCUT2D eigenvalue weighted by molar-refractivity contribution is 6.11. The molecule has 1 aliphatic heterocycles. The van der Waals surface area contributed by atoms with E-state index in [1.807, 2.05) is 0 Å². The normalized spacial score (nSPS) is 37.5. The van der Waals surface area contributed by atoms with E-state index in [2.05, 4.69) is 35.5 Å². The molecule has 1 rings (SSSR count). The van der Waals surface area contributed by atoms with Crippen molar-refractivity contribution in [2.45, 2.75) is 58.7 Å². The Labute approximate surface area is 94.8 Å². The van der Waals surface area contributed by atoms with Crippen molar-refractivity contribution in [3.8, 4) is 0 Å². The summed E-state index contributed by atoms with van der Waals surface area (Å²) in [6.45, 7) is 8.79. The van der Waals surface area contributed by atoms with Gasteiger partial charge in [-0.15, -0.1) is 0 Å². The largest absolute Gasteiger partial charge is 0.393 e. The van der Waals surface area contributed by atoms with Crippen LogP contribution < -0.4 is 0 Å². The molecule has 0 radical (unpaired) electrons. The standard InChI is InChI=1S/C12H25BO2/c1-7(2)5-10-12(8(3)4)9(14)6-11(13)15-10/h7-12,14H,5-6,13H2,1-4H3. The second-order valence-corrected chi connectivity index (χ2v) is 5.74. The summed E-state index contributed by atoms with van der Waals surface area (Å²) in [4.78, 5) is 0. The maximum Gasteiger partial charge on any atom is 0.139 e. The lowest BCUT2D eigenvalue weighted by atomic mass is 9.75. The quantitative estimate of drug-likeness (QED) is 0.717. The van der Waals surface area contributed by atoms with E-state index in [0.717, 1.165) is 12.8 Å². The predicted octanol–water partition coefficient (Wildman–Crippen LogP) is 1.41. The van der Waals surface area contributed by atoms with Crippen molar-refractivity contribution in [3.05, 3.63) is 0 Å². The number of hydrogen-bond donors (Lipinski definition) is 1. The molecule has 0 bridgehead atoms. The molecule has 0 aromatic rings. The van der Waals surface area contributed by atoms with Gasteiger partial charge >= 0.3 is 0 Å². The molecule has 1 N–H and O–H groups in total. The molecule has 1 saturated heterocycles. The topological polar surface area (TPSA) is 29.5 Å². The van der Waals surface area contributed by atoms with Crippen LogP contribution in [0.1, 0.15) is 40.5 Å². The minimum absolute atomic E-state index is 0.183. The van der Waals surface area contributed by atoms with Crippen LogP contribution in [-0.2, 0) is 4.74 Å². The summed E-state index contributed by atoms with van der Waals surface area (Å²) >= 11 is 0. The van der Waals surface area contributed by atoms with Gasteiger partial charge in [0, 0.05) is 11.9 Å². The minimum Gasteiger partial charge on any atom is -0.393 e. The molecule has 88 valence electrons. The molecule has 0 aromatic heterocycles. The number of aliphatic hydroxyl groups is 1. The van der Waals surface area contributed by atoms with Gasteiger partial charge in [-0.1, -0.05) is 27.7 Å². The summed E-state index contributed by atoms with van der Waals surface area (Å²) in [5.74, 6) is 1.44. The molecule has 3 heteroatoms. The molecule has 0 amide bonds. The molecule has 4 atom stereocenters. The Morgan fingerprint density at radius 1 is 1.33 bits per heavy atom. The van der Waals surface area contributed by atoms with Crippen molar-refractivity contribution in [2.75, 3.05) is 0 Å². The molecule has 0 aromatic carbocycles. The van der Waals surface area contributed by atoms with E-state index in [9.17, 15) is 5.11 Å². The van der Waals surface area contributed by atoms with Crippen LogP contribution in [-0.4, -0.2) is 31.2 Å². The maximum absolute atomic E-state index is 10.1. The molecule has 1 heterocycles. The Kier molecular flexibility index (Phi) is 4.66. The van der Waals surface area contributed by atoms with E-state index < -0.39 is 0 Å². The van der Waals surface area contributed by atoms with Crippen molar-refractivity contribution in [3.63, 3.8) is 0 Å². The van der Waals surface area contributed by atoms with Crippen LogP contribution >= 0.6 is 0 Å². The second kappa shape index (κ2) is 5.35. The molecule has 1 aliphatic rings.